The minimum atomic E-state index is 0.0887. The summed E-state index contributed by atoms with van der Waals surface area (Å²) in [5, 5.41) is 3.35. The molecule has 1 aliphatic rings. The van der Waals surface area contributed by atoms with Crippen molar-refractivity contribution in [3.05, 3.63) is 54.4 Å². The fraction of sp³-hybridized carbons (Fsp3) is 0.368. The lowest BCUT2D eigenvalue weighted by Gasteiger charge is -2.28. The molecule has 4 nitrogen and oxygen atoms in total. The quantitative estimate of drug-likeness (QED) is 0.923. The SMILES string of the molecule is CCCN(C(=O)c1cncc(-c2ccccc2)c1)C1CCNC1. The molecule has 0 spiro atoms. The van der Waals surface area contributed by atoms with E-state index >= 15 is 0 Å². The number of amides is 1. The second-order valence-corrected chi connectivity index (χ2v) is 5.97. The van der Waals surface area contributed by atoms with Gasteiger partial charge in [0.25, 0.3) is 5.91 Å². The smallest absolute Gasteiger partial charge is 0.255 e. The first kappa shape index (κ1) is 15.7. The van der Waals surface area contributed by atoms with Gasteiger partial charge >= 0.3 is 0 Å². The van der Waals surface area contributed by atoms with Crippen LogP contribution in [0.3, 0.4) is 0 Å². The van der Waals surface area contributed by atoms with E-state index in [4.69, 9.17) is 0 Å². The third kappa shape index (κ3) is 3.59. The zero-order valence-electron chi connectivity index (χ0n) is 13.5. The molecule has 1 unspecified atom stereocenters. The van der Waals surface area contributed by atoms with Crippen LogP contribution in [-0.4, -0.2) is 41.5 Å². The summed E-state index contributed by atoms with van der Waals surface area (Å²) in [6.45, 7) is 4.78. The minimum absolute atomic E-state index is 0.0887. The molecule has 3 rings (SSSR count). The van der Waals surface area contributed by atoms with Crippen LogP contribution in [0, 0.1) is 0 Å². The van der Waals surface area contributed by atoms with Gasteiger partial charge in [0.2, 0.25) is 0 Å². The number of nitrogens with zero attached hydrogens (tertiary/aromatic N) is 2. The highest BCUT2D eigenvalue weighted by molar-refractivity contribution is 5.95. The minimum Gasteiger partial charge on any atom is -0.334 e. The second kappa shape index (κ2) is 7.38. The van der Waals surface area contributed by atoms with E-state index in [1.807, 2.05) is 47.5 Å². The number of hydrogen-bond acceptors (Lipinski definition) is 3. The van der Waals surface area contributed by atoms with Crippen molar-refractivity contribution in [2.24, 2.45) is 0 Å². The van der Waals surface area contributed by atoms with E-state index < -0.39 is 0 Å². The van der Waals surface area contributed by atoms with Crippen LogP contribution in [0.25, 0.3) is 11.1 Å². The summed E-state index contributed by atoms with van der Waals surface area (Å²) < 4.78 is 0. The van der Waals surface area contributed by atoms with Crippen LogP contribution in [-0.2, 0) is 0 Å². The average molecular weight is 309 g/mol. The first-order valence-corrected chi connectivity index (χ1v) is 8.31. The van der Waals surface area contributed by atoms with E-state index in [-0.39, 0.29) is 5.91 Å². The summed E-state index contributed by atoms with van der Waals surface area (Å²) >= 11 is 0. The summed E-state index contributed by atoms with van der Waals surface area (Å²) in [5.74, 6) is 0.0887. The maximum atomic E-state index is 13.0. The third-order valence-corrected chi connectivity index (χ3v) is 4.29. The van der Waals surface area contributed by atoms with Crippen molar-refractivity contribution in [1.82, 2.24) is 15.2 Å². The standard InChI is InChI=1S/C19H23N3O/c1-2-10-22(18-8-9-20-14-18)19(23)17-11-16(12-21-13-17)15-6-4-3-5-7-15/h3-7,11-13,18,20H,2,8-10,14H2,1H3. The third-order valence-electron chi connectivity index (χ3n) is 4.29. The normalized spacial score (nSPS) is 17.2. The number of carbonyl (C=O) groups excluding carboxylic acids is 1. The fourth-order valence-electron chi connectivity index (χ4n) is 3.11. The topological polar surface area (TPSA) is 45.2 Å². The van der Waals surface area contributed by atoms with Crippen LogP contribution < -0.4 is 5.32 Å². The highest BCUT2D eigenvalue weighted by Gasteiger charge is 2.26. The lowest BCUT2D eigenvalue weighted by atomic mass is 10.1. The van der Waals surface area contributed by atoms with Crippen LogP contribution in [0.4, 0.5) is 0 Å². The van der Waals surface area contributed by atoms with Crippen LogP contribution in [0.15, 0.2) is 48.8 Å². The second-order valence-electron chi connectivity index (χ2n) is 5.97. The number of carbonyl (C=O) groups is 1. The van der Waals surface area contributed by atoms with Gasteiger partial charge in [0.05, 0.1) is 5.56 Å². The molecule has 120 valence electrons. The molecular weight excluding hydrogens is 286 g/mol. The Morgan fingerprint density at radius 2 is 2.09 bits per heavy atom. The molecule has 0 bridgehead atoms. The van der Waals surface area contributed by atoms with Gasteiger partial charge in [-0.3, -0.25) is 9.78 Å². The van der Waals surface area contributed by atoms with Gasteiger partial charge in [0.1, 0.15) is 0 Å². The van der Waals surface area contributed by atoms with Crippen LogP contribution >= 0.6 is 0 Å². The summed E-state index contributed by atoms with van der Waals surface area (Å²) in [6.07, 6.45) is 5.48. The molecule has 1 fully saturated rings. The van der Waals surface area contributed by atoms with E-state index in [2.05, 4.69) is 17.2 Å². The predicted octanol–water partition coefficient (Wildman–Crippen LogP) is 2.96. The summed E-state index contributed by atoms with van der Waals surface area (Å²) in [6, 6.07) is 12.3. The van der Waals surface area contributed by atoms with Crippen molar-refractivity contribution in [2.45, 2.75) is 25.8 Å². The van der Waals surface area contributed by atoms with E-state index in [0.717, 1.165) is 43.6 Å². The van der Waals surface area contributed by atoms with Gasteiger partial charge in [-0.25, -0.2) is 0 Å². The number of rotatable bonds is 5. The first-order chi connectivity index (χ1) is 11.3. The Balaban J connectivity index is 1.86. The number of pyridine rings is 1. The van der Waals surface area contributed by atoms with Crippen molar-refractivity contribution >= 4 is 5.91 Å². The van der Waals surface area contributed by atoms with E-state index in [0.29, 0.717) is 11.6 Å². The molecule has 1 amide bonds. The molecule has 0 aliphatic carbocycles. The predicted molar refractivity (Wildman–Crippen MR) is 92.3 cm³/mol. The molecule has 1 aromatic heterocycles. The first-order valence-electron chi connectivity index (χ1n) is 8.31. The largest absolute Gasteiger partial charge is 0.334 e. The van der Waals surface area contributed by atoms with Crippen molar-refractivity contribution in [3.63, 3.8) is 0 Å². The maximum absolute atomic E-state index is 13.0. The lowest BCUT2D eigenvalue weighted by Crippen LogP contribution is -2.42. The van der Waals surface area contributed by atoms with E-state index in [9.17, 15) is 4.79 Å². The zero-order valence-corrected chi connectivity index (χ0v) is 13.5. The summed E-state index contributed by atoms with van der Waals surface area (Å²) in [4.78, 5) is 19.3. The van der Waals surface area contributed by atoms with Crippen LogP contribution in [0.1, 0.15) is 30.1 Å². The van der Waals surface area contributed by atoms with Crippen molar-refractivity contribution < 1.29 is 4.79 Å². The summed E-state index contributed by atoms with van der Waals surface area (Å²) in [5.41, 5.74) is 2.74. The molecule has 1 aliphatic heterocycles. The fourth-order valence-corrected chi connectivity index (χ4v) is 3.11. The van der Waals surface area contributed by atoms with Crippen LogP contribution in [0.2, 0.25) is 0 Å². The number of hydrogen-bond donors (Lipinski definition) is 1. The van der Waals surface area contributed by atoms with Gasteiger partial charge in [0, 0.05) is 37.1 Å². The van der Waals surface area contributed by atoms with Gasteiger partial charge < -0.3 is 10.2 Å². The number of aromatic nitrogens is 1. The highest BCUT2D eigenvalue weighted by atomic mass is 16.2. The van der Waals surface area contributed by atoms with E-state index in [1.165, 1.54) is 0 Å². The Labute approximate surface area is 137 Å². The molecule has 0 radical (unpaired) electrons. The van der Waals surface area contributed by atoms with Crippen molar-refractivity contribution in [1.29, 1.82) is 0 Å². The van der Waals surface area contributed by atoms with Gasteiger partial charge in [-0.1, -0.05) is 37.3 Å². The van der Waals surface area contributed by atoms with E-state index in [1.54, 1.807) is 6.20 Å². The molecule has 0 saturated carbocycles. The lowest BCUT2D eigenvalue weighted by molar-refractivity contribution is 0.0692. The Kier molecular flexibility index (Phi) is 5.03. The zero-order chi connectivity index (χ0) is 16.1. The molecule has 1 saturated heterocycles. The molecule has 4 heteroatoms. The van der Waals surface area contributed by atoms with Gasteiger partial charge in [0.15, 0.2) is 0 Å². The molecule has 1 atom stereocenters. The van der Waals surface area contributed by atoms with Gasteiger partial charge in [-0.05, 0) is 31.0 Å². The Hall–Kier alpha value is -2.20. The monoisotopic (exact) mass is 309 g/mol. The molecule has 2 aromatic rings. The Morgan fingerprint density at radius 1 is 1.26 bits per heavy atom. The maximum Gasteiger partial charge on any atom is 0.255 e. The average Bonchev–Trinajstić information content (AvgIpc) is 3.14. The van der Waals surface area contributed by atoms with Crippen LogP contribution in [0.5, 0.6) is 0 Å². The van der Waals surface area contributed by atoms with Gasteiger partial charge in [-0.15, -0.1) is 0 Å². The number of nitrogens with one attached hydrogen (secondary N) is 1. The Morgan fingerprint density at radius 3 is 2.78 bits per heavy atom. The highest BCUT2D eigenvalue weighted by Crippen LogP contribution is 2.21. The van der Waals surface area contributed by atoms with Crippen molar-refractivity contribution in [2.75, 3.05) is 19.6 Å². The molecule has 1 N–H and O–H groups in total. The number of benzene rings is 1. The molecule has 23 heavy (non-hydrogen) atoms. The Bertz CT molecular complexity index is 651. The van der Waals surface area contributed by atoms with Gasteiger partial charge in [-0.2, -0.15) is 0 Å². The summed E-state index contributed by atoms with van der Waals surface area (Å²) in [7, 11) is 0. The molecular formula is C19H23N3O. The molecule has 2 heterocycles. The van der Waals surface area contributed by atoms with Crippen molar-refractivity contribution in [3.8, 4) is 11.1 Å². The molecule has 1 aromatic carbocycles.